The first-order chi connectivity index (χ1) is 22.4. The third-order valence-corrected chi connectivity index (χ3v) is 8.30. The van der Waals surface area contributed by atoms with Gasteiger partial charge in [0.2, 0.25) is 0 Å². The Morgan fingerprint density at radius 1 is 0.936 bits per heavy atom. The van der Waals surface area contributed by atoms with Crippen LogP contribution in [0.2, 0.25) is 0 Å². The van der Waals surface area contributed by atoms with E-state index in [-0.39, 0.29) is 18.1 Å². The summed E-state index contributed by atoms with van der Waals surface area (Å²) in [5.41, 5.74) is 3.97. The number of amides is 1. The van der Waals surface area contributed by atoms with Crippen molar-refractivity contribution in [1.29, 1.82) is 0 Å². The molecule has 0 saturated heterocycles. The summed E-state index contributed by atoms with van der Waals surface area (Å²) in [6, 6.07) is 21.1. The van der Waals surface area contributed by atoms with Crippen LogP contribution in [0.3, 0.4) is 0 Å². The van der Waals surface area contributed by atoms with Crippen molar-refractivity contribution in [2.24, 2.45) is 0 Å². The lowest BCUT2D eigenvalue weighted by atomic mass is 9.88. The molecule has 0 bridgehead atoms. The molecular formula is C38H40F2N2O5. The van der Waals surface area contributed by atoms with Gasteiger partial charge >= 0.3 is 12.1 Å². The maximum atomic E-state index is 15.7. The number of hydrogen-bond acceptors (Lipinski definition) is 5. The number of carbonyl (C=O) groups is 2. The number of halogens is 2. The molecule has 0 aliphatic heterocycles. The molecule has 3 aromatic carbocycles. The number of aromatic nitrogens is 1. The van der Waals surface area contributed by atoms with Gasteiger partial charge in [-0.05, 0) is 106 Å². The van der Waals surface area contributed by atoms with Crippen LogP contribution in [0.1, 0.15) is 96.6 Å². The van der Waals surface area contributed by atoms with Gasteiger partial charge in [-0.1, -0.05) is 48.5 Å². The van der Waals surface area contributed by atoms with E-state index in [1.165, 1.54) is 24.3 Å². The molecule has 5 rings (SSSR count). The first-order valence-corrected chi connectivity index (χ1v) is 15.9. The summed E-state index contributed by atoms with van der Waals surface area (Å²) in [6.07, 6.45) is 2.91. The van der Waals surface area contributed by atoms with Gasteiger partial charge < -0.3 is 14.6 Å². The van der Waals surface area contributed by atoms with E-state index in [0.717, 1.165) is 35.1 Å². The summed E-state index contributed by atoms with van der Waals surface area (Å²) in [7, 11) is 0. The SMILES string of the molecule is CC(c1ccc(OCc2ccc(CCc3ccc(F)cc3)cc2)cc1F)N(C(=O)OC(C)(C)C)C1CCCc2nc(C(=O)O)ccc21. The third kappa shape index (κ3) is 8.52. The number of carboxylic acid groups (broad SMARTS) is 1. The van der Waals surface area contributed by atoms with Crippen LogP contribution in [0, 0.1) is 11.6 Å². The molecule has 7 nitrogen and oxygen atoms in total. The van der Waals surface area contributed by atoms with Gasteiger partial charge in [0.05, 0.1) is 12.1 Å². The van der Waals surface area contributed by atoms with Gasteiger partial charge in [0.15, 0.2) is 0 Å². The molecule has 246 valence electrons. The zero-order valence-corrected chi connectivity index (χ0v) is 27.1. The molecule has 1 amide bonds. The average molecular weight is 643 g/mol. The summed E-state index contributed by atoms with van der Waals surface area (Å²) in [4.78, 5) is 31.1. The number of benzene rings is 3. The first-order valence-electron chi connectivity index (χ1n) is 15.9. The topological polar surface area (TPSA) is 89.0 Å². The van der Waals surface area contributed by atoms with Gasteiger partial charge in [-0.15, -0.1) is 0 Å². The summed E-state index contributed by atoms with van der Waals surface area (Å²) >= 11 is 0. The van der Waals surface area contributed by atoms with Gasteiger partial charge in [0.25, 0.3) is 0 Å². The van der Waals surface area contributed by atoms with Crippen molar-refractivity contribution in [1.82, 2.24) is 9.88 Å². The van der Waals surface area contributed by atoms with Crippen LogP contribution in [0.5, 0.6) is 5.75 Å². The zero-order chi connectivity index (χ0) is 33.7. The van der Waals surface area contributed by atoms with E-state index in [0.29, 0.717) is 36.3 Å². The summed E-state index contributed by atoms with van der Waals surface area (Å²) in [5, 5.41) is 9.44. The van der Waals surface area contributed by atoms with E-state index >= 15 is 4.39 Å². The molecule has 0 fully saturated rings. The number of hydrogen-bond donors (Lipinski definition) is 1. The summed E-state index contributed by atoms with van der Waals surface area (Å²) < 4.78 is 40.6. The number of fused-ring (bicyclic) bond motifs is 1. The minimum atomic E-state index is -1.12. The van der Waals surface area contributed by atoms with Gasteiger partial charge in [0, 0.05) is 17.3 Å². The zero-order valence-electron chi connectivity index (χ0n) is 27.1. The molecule has 2 atom stereocenters. The number of aromatic carboxylic acids is 1. The molecule has 2 unspecified atom stereocenters. The second-order valence-electron chi connectivity index (χ2n) is 12.9. The predicted molar refractivity (Wildman–Crippen MR) is 174 cm³/mol. The molecule has 1 heterocycles. The Labute approximate surface area is 274 Å². The standard InChI is InChI=1S/C38H40F2N2O5/c1-24(42(37(45)47-38(2,3)4)35-7-5-6-33-31(35)20-21-34(41-33)36(43)44)30-19-18-29(22-32(30)40)46-23-27-12-10-25(11-13-27)8-9-26-14-16-28(39)17-15-26/h10-22,24,35H,5-9,23H2,1-4H3,(H,43,44). The second kappa shape index (κ2) is 14.3. The first kappa shape index (κ1) is 33.6. The van der Waals surface area contributed by atoms with Gasteiger partial charge in [0.1, 0.15) is 35.3 Å². The number of nitrogens with zero attached hydrogens (tertiary/aromatic N) is 2. The van der Waals surface area contributed by atoms with Crippen LogP contribution < -0.4 is 4.74 Å². The summed E-state index contributed by atoms with van der Waals surface area (Å²) in [6.45, 7) is 7.33. The van der Waals surface area contributed by atoms with Crippen molar-refractivity contribution in [3.05, 3.63) is 130 Å². The lowest BCUT2D eigenvalue weighted by molar-refractivity contribution is 0.00329. The molecule has 4 aromatic rings. The minimum absolute atomic E-state index is 0.0549. The van der Waals surface area contributed by atoms with Crippen LogP contribution in [-0.4, -0.2) is 32.7 Å². The Balaban J connectivity index is 1.29. The highest BCUT2D eigenvalue weighted by atomic mass is 19.1. The molecule has 0 saturated carbocycles. The fraction of sp³-hybridized carbons (Fsp3) is 0.342. The summed E-state index contributed by atoms with van der Waals surface area (Å²) in [5.74, 6) is -1.52. The highest BCUT2D eigenvalue weighted by Crippen LogP contribution is 2.40. The van der Waals surface area contributed by atoms with E-state index in [9.17, 15) is 19.1 Å². The smallest absolute Gasteiger partial charge is 0.411 e. The molecule has 1 N–H and O–H groups in total. The lowest BCUT2D eigenvalue weighted by Gasteiger charge is -2.40. The van der Waals surface area contributed by atoms with Crippen molar-refractivity contribution in [3.8, 4) is 5.75 Å². The number of carbonyl (C=O) groups excluding carboxylic acids is 1. The van der Waals surface area contributed by atoms with Crippen LogP contribution in [0.25, 0.3) is 0 Å². The van der Waals surface area contributed by atoms with Crippen molar-refractivity contribution >= 4 is 12.1 Å². The van der Waals surface area contributed by atoms with Crippen LogP contribution >= 0.6 is 0 Å². The third-order valence-electron chi connectivity index (χ3n) is 8.30. The number of ether oxygens (including phenoxy) is 2. The number of aryl methyl sites for hydroxylation is 3. The highest BCUT2D eigenvalue weighted by Gasteiger charge is 2.37. The lowest BCUT2D eigenvalue weighted by Crippen LogP contribution is -2.42. The van der Waals surface area contributed by atoms with E-state index in [1.807, 2.05) is 24.3 Å². The van der Waals surface area contributed by atoms with E-state index in [1.54, 1.807) is 62.9 Å². The molecule has 1 aliphatic rings. The maximum absolute atomic E-state index is 15.7. The molecular weight excluding hydrogens is 602 g/mol. The highest BCUT2D eigenvalue weighted by molar-refractivity contribution is 5.85. The Hall–Kier alpha value is -4.79. The van der Waals surface area contributed by atoms with Crippen LogP contribution in [0.15, 0.2) is 78.9 Å². The van der Waals surface area contributed by atoms with Crippen LogP contribution in [0.4, 0.5) is 13.6 Å². The van der Waals surface area contributed by atoms with E-state index < -0.39 is 35.6 Å². The maximum Gasteiger partial charge on any atom is 0.411 e. The molecule has 47 heavy (non-hydrogen) atoms. The van der Waals surface area contributed by atoms with E-state index in [4.69, 9.17) is 9.47 Å². The monoisotopic (exact) mass is 642 g/mol. The molecule has 0 radical (unpaired) electrons. The Morgan fingerprint density at radius 2 is 1.57 bits per heavy atom. The number of rotatable bonds is 10. The molecule has 1 aliphatic carbocycles. The second-order valence-corrected chi connectivity index (χ2v) is 12.9. The fourth-order valence-electron chi connectivity index (χ4n) is 5.91. The normalized spacial score (nSPS) is 15.0. The Morgan fingerprint density at radius 3 is 2.19 bits per heavy atom. The quantitative estimate of drug-likeness (QED) is 0.186. The van der Waals surface area contributed by atoms with Crippen molar-refractivity contribution in [3.63, 3.8) is 0 Å². The Bertz CT molecular complexity index is 1720. The number of carboxylic acids is 1. The largest absolute Gasteiger partial charge is 0.489 e. The predicted octanol–water partition coefficient (Wildman–Crippen LogP) is 8.80. The van der Waals surface area contributed by atoms with Crippen molar-refractivity contribution in [2.75, 3.05) is 0 Å². The minimum Gasteiger partial charge on any atom is -0.489 e. The van der Waals surface area contributed by atoms with E-state index in [2.05, 4.69) is 4.98 Å². The molecule has 9 heteroatoms. The van der Waals surface area contributed by atoms with Gasteiger partial charge in [-0.2, -0.15) is 0 Å². The van der Waals surface area contributed by atoms with Gasteiger partial charge in [-0.25, -0.2) is 23.4 Å². The van der Waals surface area contributed by atoms with Crippen molar-refractivity contribution < 1.29 is 33.0 Å². The molecule has 0 spiro atoms. The average Bonchev–Trinajstić information content (AvgIpc) is 3.03. The number of pyridine rings is 1. The van der Waals surface area contributed by atoms with Crippen molar-refractivity contribution in [2.45, 2.75) is 84.1 Å². The van der Waals surface area contributed by atoms with Gasteiger partial charge in [-0.3, -0.25) is 4.90 Å². The fourth-order valence-corrected chi connectivity index (χ4v) is 5.91. The van der Waals surface area contributed by atoms with Crippen LogP contribution in [-0.2, 0) is 30.6 Å². The molecule has 1 aromatic heterocycles. The Kier molecular flexibility index (Phi) is 10.2.